The van der Waals surface area contributed by atoms with Crippen LogP contribution >= 0.6 is 0 Å². The summed E-state index contributed by atoms with van der Waals surface area (Å²) in [4.78, 5) is 23.1. The fourth-order valence-corrected chi connectivity index (χ4v) is 4.77. The SMILES string of the molecule is COc1cc(C(=O)Nc2ccc3nc4c5ccccc5c5ccccc5c4nc3c2)cc(OC)c1OC. The van der Waals surface area contributed by atoms with Crippen LogP contribution < -0.4 is 19.5 Å². The molecule has 0 aliphatic heterocycles. The Morgan fingerprint density at radius 2 is 1.19 bits per heavy atom. The summed E-state index contributed by atoms with van der Waals surface area (Å²) in [7, 11) is 4.54. The number of hydrogen-bond acceptors (Lipinski definition) is 6. The zero-order valence-corrected chi connectivity index (χ0v) is 20.5. The minimum atomic E-state index is -0.316. The van der Waals surface area contributed by atoms with Crippen molar-refractivity contribution in [3.05, 3.63) is 84.4 Å². The van der Waals surface area contributed by atoms with E-state index >= 15 is 0 Å². The zero-order chi connectivity index (χ0) is 25.5. The fraction of sp³-hybridized carbons (Fsp3) is 0.100. The Morgan fingerprint density at radius 1 is 0.649 bits per heavy atom. The van der Waals surface area contributed by atoms with Gasteiger partial charge in [-0.05, 0) is 41.1 Å². The van der Waals surface area contributed by atoms with E-state index in [2.05, 4.69) is 29.6 Å². The van der Waals surface area contributed by atoms with Crippen molar-refractivity contribution in [3.63, 3.8) is 0 Å². The molecular formula is C30H23N3O4. The summed E-state index contributed by atoms with van der Waals surface area (Å²) in [6.45, 7) is 0. The van der Waals surface area contributed by atoms with Gasteiger partial charge in [-0.2, -0.15) is 0 Å². The molecule has 0 fully saturated rings. The zero-order valence-electron chi connectivity index (χ0n) is 20.5. The van der Waals surface area contributed by atoms with Gasteiger partial charge in [-0.1, -0.05) is 48.5 Å². The van der Waals surface area contributed by atoms with E-state index in [0.717, 1.165) is 38.1 Å². The number of amides is 1. The first kappa shape index (κ1) is 22.5. The topological polar surface area (TPSA) is 82.6 Å². The number of fused-ring (bicyclic) bond motifs is 7. The third-order valence-corrected chi connectivity index (χ3v) is 6.50. The van der Waals surface area contributed by atoms with Gasteiger partial charge in [0, 0.05) is 22.0 Å². The highest BCUT2D eigenvalue weighted by atomic mass is 16.5. The number of hydrogen-bond donors (Lipinski definition) is 1. The number of methoxy groups -OCH3 is 3. The van der Waals surface area contributed by atoms with Gasteiger partial charge in [-0.3, -0.25) is 4.79 Å². The molecule has 6 rings (SSSR count). The van der Waals surface area contributed by atoms with Crippen molar-refractivity contribution in [3.8, 4) is 17.2 Å². The number of carbonyl (C=O) groups is 1. The lowest BCUT2D eigenvalue weighted by Gasteiger charge is -2.14. The third-order valence-electron chi connectivity index (χ3n) is 6.50. The molecule has 0 spiro atoms. The second-order valence-corrected chi connectivity index (χ2v) is 8.58. The number of nitrogens with one attached hydrogen (secondary N) is 1. The summed E-state index contributed by atoms with van der Waals surface area (Å²) in [6, 6.07) is 25.2. The van der Waals surface area contributed by atoms with E-state index in [0.29, 0.717) is 34.0 Å². The number of aromatic nitrogens is 2. The first-order chi connectivity index (χ1) is 18.1. The molecule has 0 bridgehead atoms. The van der Waals surface area contributed by atoms with E-state index in [1.165, 1.54) is 21.3 Å². The van der Waals surface area contributed by atoms with E-state index in [9.17, 15) is 4.79 Å². The van der Waals surface area contributed by atoms with E-state index in [4.69, 9.17) is 24.2 Å². The van der Waals surface area contributed by atoms with E-state index in [1.807, 2.05) is 42.5 Å². The van der Waals surface area contributed by atoms with Crippen molar-refractivity contribution in [2.24, 2.45) is 0 Å². The normalized spacial score (nSPS) is 11.2. The number of benzene rings is 5. The van der Waals surface area contributed by atoms with Crippen LogP contribution in [0.3, 0.4) is 0 Å². The Kier molecular flexibility index (Phi) is 5.45. The van der Waals surface area contributed by atoms with Gasteiger partial charge in [-0.25, -0.2) is 9.97 Å². The van der Waals surface area contributed by atoms with Crippen LogP contribution in [0, 0.1) is 0 Å². The highest BCUT2D eigenvalue weighted by molar-refractivity contribution is 6.23. The van der Waals surface area contributed by atoms with Gasteiger partial charge in [0.15, 0.2) is 11.5 Å². The number of rotatable bonds is 5. The molecule has 0 aliphatic rings. The summed E-state index contributed by atoms with van der Waals surface area (Å²) >= 11 is 0. The van der Waals surface area contributed by atoms with Crippen molar-refractivity contribution in [2.45, 2.75) is 0 Å². The third kappa shape index (κ3) is 3.72. The maximum atomic E-state index is 13.1. The Labute approximate surface area is 212 Å². The molecule has 1 N–H and O–H groups in total. The molecule has 0 atom stereocenters. The second-order valence-electron chi connectivity index (χ2n) is 8.58. The first-order valence-corrected chi connectivity index (χ1v) is 11.7. The van der Waals surface area contributed by atoms with Crippen molar-refractivity contribution >= 4 is 55.2 Å². The molecule has 0 radical (unpaired) electrons. The summed E-state index contributed by atoms with van der Waals surface area (Å²) in [5.74, 6) is 0.918. The summed E-state index contributed by atoms with van der Waals surface area (Å²) in [5.41, 5.74) is 4.10. The molecule has 7 nitrogen and oxygen atoms in total. The monoisotopic (exact) mass is 489 g/mol. The average Bonchev–Trinajstić information content (AvgIpc) is 2.95. The molecule has 0 saturated carbocycles. The maximum Gasteiger partial charge on any atom is 0.255 e. The Hall–Kier alpha value is -4.91. The molecule has 6 aromatic rings. The molecule has 1 amide bonds. The highest BCUT2D eigenvalue weighted by Crippen LogP contribution is 2.38. The Bertz CT molecular complexity index is 1820. The standard InChI is InChI=1S/C30H23N3O4/c1-35-25-14-17(15-26(36-2)29(25)37-3)30(34)31-18-12-13-23-24(16-18)33-28-22-11-7-5-9-20(22)19-8-4-6-10-21(19)27(28)32-23/h4-16H,1-3H3,(H,31,34). The van der Waals surface area contributed by atoms with Crippen molar-refractivity contribution < 1.29 is 19.0 Å². The predicted octanol–water partition coefficient (Wildman–Crippen LogP) is 6.37. The Balaban J connectivity index is 1.45. The molecule has 0 aliphatic carbocycles. The summed E-state index contributed by atoms with van der Waals surface area (Å²) in [5, 5.41) is 7.32. The first-order valence-electron chi connectivity index (χ1n) is 11.7. The molecule has 5 aromatic carbocycles. The average molecular weight is 490 g/mol. The largest absolute Gasteiger partial charge is 0.493 e. The lowest BCUT2D eigenvalue weighted by atomic mass is 9.99. The van der Waals surface area contributed by atoms with Gasteiger partial charge >= 0.3 is 0 Å². The second kappa shape index (κ2) is 8.95. The van der Waals surface area contributed by atoms with Crippen LogP contribution in [-0.2, 0) is 0 Å². The lowest BCUT2D eigenvalue weighted by Crippen LogP contribution is -2.12. The molecule has 7 heteroatoms. The van der Waals surface area contributed by atoms with Gasteiger partial charge in [0.2, 0.25) is 5.75 Å². The lowest BCUT2D eigenvalue weighted by molar-refractivity contribution is 0.102. The summed E-state index contributed by atoms with van der Waals surface area (Å²) < 4.78 is 16.1. The van der Waals surface area contributed by atoms with Gasteiger partial charge < -0.3 is 19.5 Å². The molecule has 1 heterocycles. The Morgan fingerprint density at radius 3 is 1.73 bits per heavy atom. The smallest absolute Gasteiger partial charge is 0.255 e. The van der Waals surface area contributed by atoms with Gasteiger partial charge in [0.05, 0.1) is 43.4 Å². The minimum absolute atomic E-state index is 0.316. The quantitative estimate of drug-likeness (QED) is 0.224. The molecule has 0 saturated heterocycles. The van der Waals surface area contributed by atoms with E-state index in [1.54, 1.807) is 12.1 Å². The van der Waals surface area contributed by atoms with Crippen LogP contribution in [0.15, 0.2) is 78.9 Å². The molecule has 182 valence electrons. The van der Waals surface area contributed by atoms with Crippen LogP contribution in [0.25, 0.3) is 43.6 Å². The van der Waals surface area contributed by atoms with E-state index < -0.39 is 0 Å². The van der Waals surface area contributed by atoms with Crippen molar-refractivity contribution in [1.29, 1.82) is 0 Å². The van der Waals surface area contributed by atoms with Crippen LogP contribution in [-0.4, -0.2) is 37.2 Å². The fourth-order valence-electron chi connectivity index (χ4n) is 4.77. The summed E-state index contributed by atoms with van der Waals surface area (Å²) in [6.07, 6.45) is 0. The molecule has 0 unspecified atom stereocenters. The van der Waals surface area contributed by atoms with Crippen LogP contribution in [0.4, 0.5) is 5.69 Å². The molecule has 1 aromatic heterocycles. The molecule has 37 heavy (non-hydrogen) atoms. The number of nitrogens with zero attached hydrogens (tertiary/aromatic N) is 2. The van der Waals surface area contributed by atoms with E-state index in [-0.39, 0.29) is 5.91 Å². The van der Waals surface area contributed by atoms with Crippen molar-refractivity contribution in [2.75, 3.05) is 26.6 Å². The number of carbonyl (C=O) groups excluding carboxylic acids is 1. The van der Waals surface area contributed by atoms with Gasteiger partial charge in [0.25, 0.3) is 5.91 Å². The van der Waals surface area contributed by atoms with Crippen molar-refractivity contribution in [1.82, 2.24) is 9.97 Å². The van der Waals surface area contributed by atoms with Crippen LogP contribution in [0.2, 0.25) is 0 Å². The predicted molar refractivity (Wildman–Crippen MR) is 146 cm³/mol. The number of ether oxygens (including phenoxy) is 3. The van der Waals surface area contributed by atoms with Gasteiger partial charge in [0.1, 0.15) is 0 Å². The highest BCUT2D eigenvalue weighted by Gasteiger charge is 2.18. The maximum absolute atomic E-state index is 13.1. The minimum Gasteiger partial charge on any atom is -0.493 e. The van der Waals surface area contributed by atoms with Crippen LogP contribution in [0.1, 0.15) is 10.4 Å². The molecular weight excluding hydrogens is 466 g/mol. The number of anilines is 1. The van der Waals surface area contributed by atoms with Gasteiger partial charge in [-0.15, -0.1) is 0 Å². The van der Waals surface area contributed by atoms with Crippen LogP contribution in [0.5, 0.6) is 17.2 Å².